The Hall–Kier alpha value is -1.56. The summed E-state index contributed by atoms with van der Waals surface area (Å²) in [5.74, 6) is 1.04. The molecule has 2 atom stereocenters. The van der Waals surface area contributed by atoms with Gasteiger partial charge in [0.2, 0.25) is 0 Å². The second kappa shape index (κ2) is 4.98. The molecule has 0 N–H and O–H groups in total. The molecule has 0 aromatic carbocycles. The number of hydrogen-bond donors (Lipinski definition) is 0. The van der Waals surface area contributed by atoms with E-state index >= 15 is 0 Å². The van der Waals surface area contributed by atoms with E-state index in [0.29, 0.717) is 11.8 Å². The molecule has 2 aliphatic carbocycles. The fourth-order valence-corrected chi connectivity index (χ4v) is 2.16. The van der Waals surface area contributed by atoms with Crippen molar-refractivity contribution in [3.8, 4) is 0 Å². The Balaban J connectivity index is 2.34. The SMILES string of the molecule is C=C1/C=C\C=C/C(C)C2=CC=CCC2/C=C\1. The van der Waals surface area contributed by atoms with Crippen LogP contribution in [0.5, 0.6) is 0 Å². The summed E-state index contributed by atoms with van der Waals surface area (Å²) in [5.41, 5.74) is 2.56. The van der Waals surface area contributed by atoms with Crippen molar-refractivity contribution < 1.29 is 0 Å². The Morgan fingerprint density at radius 1 is 1.12 bits per heavy atom. The van der Waals surface area contributed by atoms with Gasteiger partial charge in [-0.05, 0) is 17.9 Å². The van der Waals surface area contributed by atoms with E-state index in [1.807, 2.05) is 6.08 Å². The smallest absolute Gasteiger partial charge is 0.00236 e. The molecule has 2 rings (SSSR count). The summed E-state index contributed by atoms with van der Waals surface area (Å²) >= 11 is 0. The number of allylic oxidation sites excluding steroid dienone is 11. The molecule has 0 fully saturated rings. The lowest BCUT2D eigenvalue weighted by Crippen LogP contribution is -2.09. The van der Waals surface area contributed by atoms with Gasteiger partial charge in [-0.3, -0.25) is 0 Å². The maximum absolute atomic E-state index is 4.00. The van der Waals surface area contributed by atoms with Gasteiger partial charge in [0.25, 0.3) is 0 Å². The van der Waals surface area contributed by atoms with Crippen LogP contribution in [-0.4, -0.2) is 0 Å². The van der Waals surface area contributed by atoms with Crippen molar-refractivity contribution in [1.29, 1.82) is 0 Å². The van der Waals surface area contributed by atoms with E-state index in [2.05, 4.69) is 62.1 Å². The van der Waals surface area contributed by atoms with Gasteiger partial charge in [-0.1, -0.05) is 73.8 Å². The zero-order chi connectivity index (χ0) is 11.4. The van der Waals surface area contributed by atoms with Gasteiger partial charge < -0.3 is 0 Å². The van der Waals surface area contributed by atoms with Crippen LogP contribution in [-0.2, 0) is 0 Å². The van der Waals surface area contributed by atoms with E-state index in [4.69, 9.17) is 0 Å². The Kier molecular flexibility index (Phi) is 3.40. The normalized spacial score (nSPS) is 34.8. The molecule has 0 spiro atoms. The third kappa shape index (κ3) is 2.52. The molecule has 0 aromatic rings. The minimum Gasteiger partial charge on any atom is -0.0918 e. The van der Waals surface area contributed by atoms with E-state index in [-0.39, 0.29) is 0 Å². The van der Waals surface area contributed by atoms with Gasteiger partial charge in [-0.15, -0.1) is 0 Å². The molecule has 0 saturated carbocycles. The van der Waals surface area contributed by atoms with Crippen molar-refractivity contribution in [3.63, 3.8) is 0 Å². The monoisotopic (exact) mass is 210 g/mol. The standard InChI is InChI=1S/C16H18/c1-13-7-3-4-8-14(2)16-10-6-5-9-15(16)12-11-13/h3-8,10-12,14-15H,1,9H2,2H3/b7-3-,8-4-,12-11-. The summed E-state index contributed by atoms with van der Waals surface area (Å²) in [7, 11) is 0. The number of fused-ring (bicyclic) bond motifs is 1. The van der Waals surface area contributed by atoms with Crippen molar-refractivity contribution in [2.45, 2.75) is 13.3 Å². The van der Waals surface area contributed by atoms with Gasteiger partial charge in [0, 0.05) is 5.92 Å². The van der Waals surface area contributed by atoms with Gasteiger partial charge in [0.15, 0.2) is 0 Å². The topological polar surface area (TPSA) is 0 Å². The summed E-state index contributed by atoms with van der Waals surface area (Å²) in [6, 6.07) is 0. The van der Waals surface area contributed by atoms with Gasteiger partial charge >= 0.3 is 0 Å². The van der Waals surface area contributed by atoms with Gasteiger partial charge in [-0.2, -0.15) is 0 Å². The lowest BCUT2D eigenvalue weighted by molar-refractivity contribution is 0.665. The molecule has 2 unspecified atom stereocenters. The van der Waals surface area contributed by atoms with Crippen molar-refractivity contribution in [3.05, 3.63) is 72.4 Å². The molecule has 0 heterocycles. The minimum absolute atomic E-state index is 0.510. The highest BCUT2D eigenvalue weighted by atomic mass is 14.2. The predicted molar refractivity (Wildman–Crippen MR) is 71.1 cm³/mol. The van der Waals surface area contributed by atoms with Crippen LogP contribution in [0.1, 0.15) is 13.3 Å². The van der Waals surface area contributed by atoms with Crippen molar-refractivity contribution >= 4 is 0 Å². The lowest BCUT2D eigenvalue weighted by atomic mass is 9.83. The molecule has 2 aliphatic rings. The molecule has 0 aliphatic heterocycles. The van der Waals surface area contributed by atoms with Crippen LogP contribution in [0.4, 0.5) is 0 Å². The molecule has 82 valence electrons. The fraction of sp³-hybridized carbons (Fsp3) is 0.250. The van der Waals surface area contributed by atoms with Gasteiger partial charge in [0.1, 0.15) is 0 Å². The van der Waals surface area contributed by atoms with Crippen LogP contribution in [0.25, 0.3) is 0 Å². The first-order chi connectivity index (χ1) is 7.77. The maximum atomic E-state index is 4.00. The van der Waals surface area contributed by atoms with E-state index < -0.39 is 0 Å². The lowest BCUT2D eigenvalue weighted by Gasteiger charge is -2.22. The van der Waals surface area contributed by atoms with E-state index in [0.717, 1.165) is 12.0 Å². The minimum atomic E-state index is 0.510. The number of hydrogen-bond acceptors (Lipinski definition) is 0. The average Bonchev–Trinajstić information content (AvgIpc) is 2.31. The highest BCUT2D eigenvalue weighted by Crippen LogP contribution is 2.29. The van der Waals surface area contributed by atoms with E-state index in [9.17, 15) is 0 Å². The quantitative estimate of drug-likeness (QED) is 0.557. The van der Waals surface area contributed by atoms with Crippen molar-refractivity contribution in [1.82, 2.24) is 0 Å². The van der Waals surface area contributed by atoms with Crippen LogP contribution in [0.2, 0.25) is 0 Å². The third-order valence-electron chi connectivity index (χ3n) is 3.13. The second-order valence-electron chi connectivity index (χ2n) is 4.40. The Morgan fingerprint density at radius 3 is 2.88 bits per heavy atom. The van der Waals surface area contributed by atoms with Crippen LogP contribution >= 0.6 is 0 Å². The van der Waals surface area contributed by atoms with E-state index in [1.165, 1.54) is 5.57 Å². The number of rotatable bonds is 0. The predicted octanol–water partition coefficient (Wildman–Crippen LogP) is 4.36. The molecule has 0 radical (unpaired) electrons. The zero-order valence-electron chi connectivity index (χ0n) is 9.77. The van der Waals surface area contributed by atoms with Crippen LogP contribution in [0.15, 0.2) is 72.4 Å². The summed E-state index contributed by atoms with van der Waals surface area (Å²) in [4.78, 5) is 0. The van der Waals surface area contributed by atoms with E-state index in [1.54, 1.807) is 0 Å². The highest BCUT2D eigenvalue weighted by molar-refractivity contribution is 5.36. The van der Waals surface area contributed by atoms with Crippen LogP contribution in [0.3, 0.4) is 0 Å². The maximum Gasteiger partial charge on any atom is 0.00236 e. The second-order valence-corrected chi connectivity index (χ2v) is 4.40. The summed E-state index contributed by atoms with van der Waals surface area (Å²) in [6.45, 7) is 6.26. The molecule has 0 heteroatoms. The molecule has 16 heavy (non-hydrogen) atoms. The molecule has 0 amide bonds. The Bertz CT molecular complexity index is 413. The van der Waals surface area contributed by atoms with Crippen LogP contribution < -0.4 is 0 Å². The molecular formula is C16H18. The largest absolute Gasteiger partial charge is 0.0918 e. The van der Waals surface area contributed by atoms with Gasteiger partial charge in [-0.25, -0.2) is 0 Å². The summed E-state index contributed by atoms with van der Waals surface area (Å²) in [5, 5.41) is 0. The first kappa shape index (κ1) is 10.9. The van der Waals surface area contributed by atoms with Crippen molar-refractivity contribution in [2.75, 3.05) is 0 Å². The first-order valence-corrected chi connectivity index (χ1v) is 5.86. The molecule has 0 bridgehead atoms. The Morgan fingerprint density at radius 2 is 2.00 bits per heavy atom. The molecular weight excluding hydrogens is 192 g/mol. The van der Waals surface area contributed by atoms with Crippen LogP contribution in [0, 0.1) is 11.8 Å². The Labute approximate surface area is 98.1 Å². The first-order valence-electron chi connectivity index (χ1n) is 5.86. The van der Waals surface area contributed by atoms with Crippen molar-refractivity contribution in [2.24, 2.45) is 11.8 Å². The third-order valence-corrected chi connectivity index (χ3v) is 3.13. The molecule has 0 nitrogen and oxygen atoms in total. The summed E-state index contributed by atoms with van der Waals surface area (Å²) in [6.07, 6.45) is 20.6. The fourth-order valence-electron chi connectivity index (χ4n) is 2.16. The molecule has 0 aromatic heterocycles. The summed E-state index contributed by atoms with van der Waals surface area (Å²) < 4.78 is 0. The molecule has 0 saturated heterocycles. The highest BCUT2D eigenvalue weighted by Gasteiger charge is 2.16. The zero-order valence-corrected chi connectivity index (χ0v) is 9.77. The van der Waals surface area contributed by atoms with Gasteiger partial charge in [0.05, 0.1) is 0 Å². The average molecular weight is 210 g/mol.